The summed E-state index contributed by atoms with van der Waals surface area (Å²) in [5.74, 6) is 1.56. The van der Waals surface area contributed by atoms with E-state index >= 15 is 0 Å². The third-order valence-electron chi connectivity index (χ3n) is 6.56. The minimum atomic E-state index is -1.03. The van der Waals surface area contributed by atoms with Crippen LogP contribution in [0.1, 0.15) is 19.3 Å². The number of benzene rings is 1. The van der Waals surface area contributed by atoms with Gasteiger partial charge in [0.1, 0.15) is 17.6 Å². The van der Waals surface area contributed by atoms with Crippen molar-refractivity contribution in [1.29, 1.82) is 0 Å². The van der Waals surface area contributed by atoms with Crippen LogP contribution in [0, 0.1) is 5.92 Å². The molecular weight excluding hydrogens is 405 g/mol. The van der Waals surface area contributed by atoms with E-state index in [2.05, 4.69) is 16.0 Å². The molecule has 1 saturated heterocycles. The Morgan fingerprint density at radius 3 is 2.88 bits per heavy atom. The maximum Gasteiger partial charge on any atom is 0.140 e. The molecular formula is C25H26FN5O. The van der Waals surface area contributed by atoms with E-state index in [-0.39, 0.29) is 6.04 Å². The molecule has 2 fully saturated rings. The molecule has 6 nitrogen and oxygen atoms in total. The van der Waals surface area contributed by atoms with Crippen LogP contribution in [0.2, 0.25) is 0 Å². The molecule has 1 saturated carbocycles. The number of imidazole rings is 1. The van der Waals surface area contributed by atoms with E-state index in [0.717, 1.165) is 52.5 Å². The summed E-state index contributed by atoms with van der Waals surface area (Å²) in [6.07, 6.45) is 5.96. The predicted molar refractivity (Wildman–Crippen MR) is 124 cm³/mol. The number of rotatable bonds is 5. The third-order valence-corrected chi connectivity index (χ3v) is 6.56. The van der Waals surface area contributed by atoms with E-state index < -0.39 is 6.17 Å². The largest absolute Gasteiger partial charge is 0.493 e. The van der Waals surface area contributed by atoms with Gasteiger partial charge in [-0.15, -0.1) is 0 Å². The van der Waals surface area contributed by atoms with Crippen LogP contribution < -0.4 is 15.4 Å². The monoisotopic (exact) mass is 431 g/mol. The van der Waals surface area contributed by atoms with Gasteiger partial charge < -0.3 is 15.4 Å². The number of aromatic nitrogens is 3. The Labute approximate surface area is 185 Å². The Bertz CT molecular complexity index is 1280. The number of fused-ring (bicyclic) bond motifs is 2. The number of hydrogen-bond acceptors (Lipinski definition) is 5. The summed E-state index contributed by atoms with van der Waals surface area (Å²) in [6, 6.07) is 13.7. The van der Waals surface area contributed by atoms with Crippen molar-refractivity contribution < 1.29 is 9.13 Å². The molecule has 32 heavy (non-hydrogen) atoms. The standard InChI is InChI=1S/C25H26FN5O/c26-19-14-30(10-9-20(19)27)22-3-1-2-17-6-7-21(29-25(17)22)23-13-28-24-12-18(8-11-31(23)24)32-15-16-4-5-16/h1-3,6-8,11-13,16,19-20H,4-5,9-10,14-15,27H2/t19-,20+/m0/s1. The number of anilines is 1. The fourth-order valence-electron chi connectivity index (χ4n) is 4.41. The fraction of sp³-hybridized carbons (Fsp3) is 0.360. The number of pyridine rings is 2. The minimum Gasteiger partial charge on any atom is -0.493 e. The SMILES string of the molecule is N[C@@H]1CCN(c2cccc3ccc(-c4cnc5cc(OCC6CC6)ccn45)nc23)C[C@@H]1F. The zero-order valence-corrected chi connectivity index (χ0v) is 17.8. The molecule has 2 aliphatic rings. The fourth-order valence-corrected chi connectivity index (χ4v) is 4.41. The van der Waals surface area contributed by atoms with Crippen LogP contribution in [0.5, 0.6) is 5.75 Å². The lowest BCUT2D eigenvalue weighted by Crippen LogP contribution is -2.48. The maximum atomic E-state index is 14.3. The highest BCUT2D eigenvalue weighted by Crippen LogP contribution is 2.32. The van der Waals surface area contributed by atoms with E-state index in [9.17, 15) is 4.39 Å². The topological polar surface area (TPSA) is 68.7 Å². The van der Waals surface area contributed by atoms with Crippen LogP contribution in [-0.2, 0) is 0 Å². The molecule has 4 heterocycles. The number of alkyl halides is 1. The van der Waals surface area contributed by atoms with E-state index in [4.69, 9.17) is 15.5 Å². The molecule has 0 spiro atoms. The molecule has 2 atom stereocenters. The first-order valence-electron chi connectivity index (χ1n) is 11.3. The second kappa shape index (κ2) is 7.74. The maximum absolute atomic E-state index is 14.3. The van der Waals surface area contributed by atoms with Gasteiger partial charge in [-0.25, -0.2) is 14.4 Å². The number of para-hydroxylation sites is 1. The summed E-state index contributed by atoms with van der Waals surface area (Å²) < 4.78 is 22.2. The molecule has 1 aliphatic carbocycles. The van der Waals surface area contributed by atoms with Gasteiger partial charge in [-0.05, 0) is 43.4 Å². The van der Waals surface area contributed by atoms with Crippen molar-refractivity contribution in [2.45, 2.75) is 31.5 Å². The first-order chi connectivity index (χ1) is 15.7. The molecule has 0 radical (unpaired) electrons. The Kier molecular flexibility index (Phi) is 4.72. The van der Waals surface area contributed by atoms with Gasteiger partial charge in [-0.3, -0.25) is 4.40 Å². The van der Waals surface area contributed by atoms with Gasteiger partial charge in [0.25, 0.3) is 0 Å². The first-order valence-corrected chi connectivity index (χ1v) is 11.3. The summed E-state index contributed by atoms with van der Waals surface area (Å²) in [4.78, 5) is 11.6. The number of ether oxygens (including phenoxy) is 1. The quantitative estimate of drug-likeness (QED) is 0.513. The summed E-state index contributed by atoms with van der Waals surface area (Å²) in [7, 11) is 0. The van der Waals surface area contributed by atoms with E-state index in [1.165, 1.54) is 12.8 Å². The Hall–Kier alpha value is -3.19. The molecule has 3 aromatic heterocycles. The number of nitrogens with zero attached hydrogens (tertiary/aromatic N) is 4. The van der Waals surface area contributed by atoms with Crippen LogP contribution >= 0.6 is 0 Å². The summed E-state index contributed by atoms with van der Waals surface area (Å²) in [6.45, 7) is 1.80. The highest BCUT2D eigenvalue weighted by Gasteiger charge is 2.27. The lowest BCUT2D eigenvalue weighted by molar-refractivity contribution is 0.251. The Morgan fingerprint density at radius 2 is 2.03 bits per heavy atom. The van der Waals surface area contributed by atoms with Gasteiger partial charge in [0, 0.05) is 30.2 Å². The van der Waals surface area contributed by atoms with Crippen LogP contribution in [0.4, 0.5) is 10.1 Å². The Balaban J connectivity index is 1.36. The average Bonchev–Trinajstić information content (AvgIpc) is 3.56. The first kappa shape index (κ1) is 19.5. The van der Waals surface area contributed by atoms with Crippen LogP contribution in [-0.4, -0.2) is 46.3 Å². The zero-order valence-electron chi connectivity index (χ0n) is 17.8. The molecule has 4 aromatic rings. The van der Waals surface area contributed by atoms with Gasteiger partial charge >= 0.3 is 0 Å². The lowest BCUT2D eigenvalue weighted by Gasteiger charge is -2.34. The summed E-state index contributed by atoms with van der Waals surface area (Å²) in [5.41, 5.74) is 10.3. The van der Waals surface area contributed by atoms with E-state index in [1.807, 2.05) is 53.2 Å². The van der Waals surface area contributed by atoms with Gasteiger partial charge in [-0.2, -0.15) is 0 Å². The van der Waals surface area contributed by atoms with Crippen LogP contribution in [0.15, 0.2) is 54.9 Å². The van der Waals surface area contributed by atoms with Crippen molar-refractivity contribution in [3.8, 4) is 17.1 Å². The highest BCUT2D eigenvalue weighted by molar-refractivity contribution is 5.92. The van der Waals surface area contributed by atoms with E-state index in [1.54, 1.807) is 0 Å². The predicted octanol–water partition coefficient (Wildman–Crippen LogP) is 4.21. The van der Waals surface area contributed by atoms with Gasteiger partial charge in [0.05, 0.1) is 41.9 Å². The van der Waals surface area contributed by atoms with Crippen molar-refractivity contribution in [2.75, 3.05) is 24.6 Å². The number of nitrogens with two attached hydrogens (primary N) is 1. The van der Waals surface area contributed by atoms with Gasteiger partial charge in [0.2, 0.25) is 0 Å². The van der Waals surface area contributed by atoms with Crippen molar-refractivity contribution in [3.63, 3.8) is 0 Å². The molecule has 6 rings (SSSR count). The minimum absolute atomic E-state index is 0.297. The zero-order chi connectivity index (χ0) is 21.7. The Morgan fingerprint density at radius 1 is 1.12 bits per heavy atom. The average molecular weight is 432 g/mol. The molecule has 164 valence electrons. The highest BCUT2D eigenvalue weighted by atomic mass is 19.1. The molecule has 2 N–H and O–H groups in total. The number of halogens is 1. The molecule has 7 heteroatoms. The van der Waals surface area contributed by atoms with Crippen molar-refractivity contribution >= 4 is 22.2 Å². The molecule has 0 bridgehead atoms. The van der Waals surface area contributed by atoms with Gasteiger partial charge in [0.15, 0.2) is 0 Å². The van der Waals surface area contributed by atoms with E-state index in [0.29, 0.717) is 18.9 Å². The lowest BCUT2D eigenvalue weighted by atomic mass is 10.0. The second-order valence-electron chi connectivity index (χ2n) is 8.95. The van der Waals surface area contributed by atoms with Gasteiger partial charge in [-0.1, -0.05) is 18.2 Å². The molecule has 1 aromatic carbocycles. The molecule has 0 amide bonds. The number of hydrogen-bond donors (Lipinski definition) is 1. The van der Waals surface area contributed by atoms with Crippen molar-refractivity contribution in [1.82, 2.24) is 14.4 Å². The van der Waals surface area contributed by atoms with Crippen LogP contribution in [0.25, 0.3) is 27.9 Å². The summed E-state index contributed by atoms with van der Waals surface area (Å²) in [5, 5.41) is 1.03. The number of piperidine rings is 1. The molecule has 0 unspecified atom stereocenters. The van der Waals surface area contributed by atoms with Crippen molar-refractivity contribution in [2.24, 2.45) is 11.7 Å². The summed E-state index contributed by atoms with van der Waals surface area (Å²) >= 11 is 0. The smallest absolute Gasteiger partial charge is 0.140 e. The van der Waals surface area contributed by atoms with Crippen LogP contribution in [0.3, 0.4) is 0 Å². The second-order valence-corrected chi connectivity index (χ2v) is 8.95. The third kappa shape index (κ3) is 3.56. The molecule has 1 aliphatic heterocycles. The van der Waals surface area contributed by atoms with Crippen molar-refractivity contribution in [3.05, 3.63) is 54.9 Å². The normalized spacial score (nSPS) is 21.4.